The highest BCUT2D eigenvalue weighted by Gasteiger charge is 2.31. The molecule has 1 aromatic heterocycles. The Balaban J connectivity index is 2.76. The average Bonchev–Trinajstić information content (AvgIpc) is 2.50. The van der Waals surface area contributed by atoms with E-state index in [4.69, 9.17) is 40.1 Å². The van der Waals surface area contributed by atoms with Crippen LogP contribution >= 0.6 is 46.8 Å². The third-order valence-corrected chi connectivity index (χ3v) is 4.48. The molecule has 0 spiro atoms. The molecule has 0 radical (unpaired) electrons. The second kappa shape index (κ2) is 7.19. The Kier molecular flexibility index (Phi) is 5.73. The second-order valence-corrected chi connectivity index (χ2v) is 9.06. The molecule has 26 heavy (non-hydrogen) atoms. The molecule has 0 unspecified atom stereocenters. The van der Waals surface area contributed by atoms with Crippen LogP contribution in [0.1, 0.15) is 16.7 Å². The van der Waals surface area contributed by atoms with E-state index in [1.54, 1.807) is 6.07 Å². The summed E-state index contributed by atoms with van der Waals surface area (Å²) in [6, 6.07) is 4.26. The zero-order chi connectivity index (χ0) is 19.9. The third-order valence-electron chi connectivity index (χ3n) is 3.15. The largest absolute Gasteiger partial charge is 0.416 e. The monoisotopic (exact) mass is 443 g/mol. The molecule has 0 saturated carbocycles. The molecule has 12 heteroatoms. The molecule has 2 aromatic rings. The number of alkyl halides is 6. The highest BCUT2D eigenvalue weighted by atomic mass is 35.6. The van der Waals surface area contributed by atoms with Crippen molar-refractivity contribution in [2.75, 3.05) is 0 Å². The van der Waals surface area contributed by atoms with Crippen LogP contribution < -0.4 is 11.2 Å². The standard InChI is InChI=1S/C14H7Cl3F3N3O2S/c1-7-4-9(13(18,19)20)2-3-10(7)22-6-8(5-21)11(24)23(12(22)25)26-14(15,16)17/h2-4,6H,1H3. The number of benzene rings is 1. The van der Waals surface area contributed by atoms with Gasteiger partial charge in [0.1, 0.15) is 11.6 Å². The number of hydrogen-bond donors (Lipinski definition) is 0. The molecular weight excluding hydrogens is 438 g/mol. The van der Waals surface area contributed by atoms with E-state index < -0.39 is 31.7 Å². The summed E-state index contributed by atoms with van der Waals surface area (Å²) in [5.41, 5.74) is -3.22. The molecule has 0 fully saturated rings. The summed E-state index contributed by atoms with van der Waals surface area (Å²) in [5, 5.41) is 9.09. The molecule has 0 saturated heterocycles. The Labute approximate surface area is 163 Å². The zero-order valence-corrected chi connectivity index (χ0v) is 15.7. The van der Waals surface area contributed by atoms with Gasteiger partial charge in [-0.05, 0) is 30.7 Å². The first-order chi connectivity index (χ1) is 11.8. The van der Waals surface area contributed by atoms with Gasteiger partial charge >= 0.3 is 11.9 Å². The highest BCUT2D eigenvalue weighted by Crippen LogP contribution is 2.38. The fourth-order valence-corrected chi connectivity index (χ4v) is 3.24. The SMILES string of the molecule is Cc1cc(C(F)(F)F)ccc1-n1cc(C#N)c(=O)n(SC(Cl)(Cl)Cl)c1=O. The van der Waals surface area contributed by atoms with Crippen molar-refractivity contribution in [1.29, 1.82) is 5.26 Å². The summed E-state index contributed by atoms with van der Waals surface area (Å²) >= 11 is 17.0. The molecule has 0 aliphatic heterocycles. The van der Waals surface area contributed by atoms with Crippen LogP contribution in [-0.2, 0) is 6.18 Å². The van der Waals surface area contributed by atoms with Crippen LogP contribution in [-0.4, -0.2) is 11.7 Å². The summed E-state index contributed by atoms with van der Waals surface area (Å²) in [5.74, 6) is 0. The lowest BCUT2D eigenvalue weighted by Gasteiger charge is -2.16. The van der Waals surface area contributed by atoms with Crippen LogP contribution in [0.4, 0.5) is 13.2 Å². The van der Waals surface area contributed by atoms with E-state index >= 15 is 0 Å². The van der Waals surface area contributed by atoms with Crippen LogP contribution in [0, 0.1) is 18.3 Å². The van der Waals surface area contributed by atoms with Crippen LogP contribution in [0.25, 0.3) is 5.69 Å². The molecule has 5 nitrogen and oxygen atoms in total. The molecule has 0 atom stereocenters. The molecule has 0 aliphatic carbocycles. The number of nitrogens with zero attached hydrogens (tertiary/aromatic N) is 3. The molecular formula is C14H7Cl3F3N3O2S. The van der Waals surface area contributed by atoms with Crippen LogP contribution in [0.3, 0.4) is 0 Å². The van der Waals surface area contributed by atoms with Gasteiger partial charge in [-0.3, -0.25) is 9.36 Å². The summed E-state index contributed by atoms with van der Waals surface area (Å²) in [6.45, 7) is 1.35. The van der Waals surface area contributed by atoms with Crippen LogP contribution in [0.15, 0.2) is 34.0 Å². The fourth-order valence-electron chi connectivity index (χ4n) is 2.07. The molecule has 0 bridgehead atoms. The summed E-state index contributed by atoms with van der Waals surface area (Å²) in [4.78, 5) is 24.7. The van der Waals surface area contributed by atoms with Gasteiger partial charge in [0.15, 0.2) is 0 Å². The number of aromatic nitrogens is 2. The van der Waals surface area contributed by atoms with E-state index in [1.807, 2.05) is 0 Å². The van der Waals surface area contributed by atoms with E-state index in [1.165, 1.54) is 6.92 Å². The number of aryl methyl sites for hydroxylation is 1. The zero-order valence-electron chi connectivity index (χ0n) is 12.6. The van der Waals surface area contributed by atoms with Gasteiger partial charge in [0.2, 0.25) is 0 Å². The molecule has 0 amide bonds. The lowest BCUT2D eigenvalue weighted by Crippen LogP contribution is -2.38. The molecule has 1 aromatic carbocycles. The Morgan fingerprint density at radius 2 is 1.81 bits per heavy atom. The topological polar surface area (TPSA) is 67.8 Å². The maximum Gasteiger partial charge on any atom is 0.416 e. The van der Waals surface area contributed by atoms with E-state index in [9.17, 15) is 22.8 Å². The third kappa shape index (κ3) is 4.38. The maximum absolute atomic E-state index is 12.8. The average molecular weight is 445 g/mol. The fraction of sp³-hybridized carbons (Fsp3) is 0.214. The van der Waals surface area contributed by atoms with Gasteiger partial charge < -0.3 is 0 Å². The Morgan fingerprint density at radius 3 is 2.27 bits per heavy atom. The van der Waals surface area contributed by atoms with Crippen LogP contribution in [0.5, 0.6) is 0 Å². The predicted molar refractivity (Wildman–Crippen MR) is 94.0 cm³/mol. The summed E-state index contributed by atoms with van der Waals surface area (Å²) < 4.78 is 37.6. The quantitative estimate of drug-likeness (QED) is 0.656. The first-order valence-electron chi connectivity index (χ1n) is 6.58. The first kappa shape index (κ1) is 20.7. The molecule has 1 heterocycles. The lowest BCUT2D eigenvalue weighted by atomic mass is 10.1. The predicted octanol–water partition coefficient (Wildman–Crippen LogP) is 4.02. The number of nitriles is 1. The molecule has 0 aliphatic rings. The van der Waals surface area contributed by atoms with Crippen molar-refractivity contribution in [3.05, 3.63) is 61.9 Å². The Bertz CT molecular complexity index is 1020. The van der Waals surface area contributed by atoms with Gasteiger partial charge in [0, 0.05) is 18.1 Å². The van der Waals surface area contributed by atoms with Gasteiger partial charge in [0.05, 0.1) is 11.3 Å². The van der Waals surface area contributed by atoms with Crippen molar-refractivity contribution < 1.29 is 13.2 Å². The maximum atomic E-state index is 12.8. The minimum Gasteiger partial charge on any atom is -0.267 e. The normalized spacial score (nSPS) is 12.1. The Hall–Kier alpha value is -1.60. The molecule has 138 valence electrons. The van der Waals surface area contributed by atoms with Crippen molar-refractivity contribution >= 4 is 46.8 Å². The second-order valence-electron chi connectivity index (χ2n) is 4.94. The number of halogens is 6. The van der Waals surface area contributed by atoms with Crippen molar-refractivity contribution in [1.82, 2.24) is 8.54 Å². The van der Waals surface area contributed by atoms with Gasteiger partial charge in [-0.15, -0.1) is 0 Å². The van der Waals surface area contributed by atoms with Crippen molar-refractivity contribution in [2.24, 2.45) is 0 Å². The van der Waals surface area contributed by atoms with Crippen molar-refractivity contribution in [3.63, 3.8) is 0 Å². The summed E-state index contributed by atoms with van der Waals surface area (Å²) in [7, 11) is 0. The van der Waals surface area contributed by atoms with E-state index in [-0.39, 0.29) is 23.2 Å². The highest BCUT2D eigenvalue weighted by molar-refractivity contribution is 8.03. The van der Waals surface area contributed by atoms with Crippen molar-refractivity contribution in [2.45, 2.75) is 16.2 Å². The van der Waals surface area contributed by atoms with Gasteiger partial charge in [-0.1, -0.05) is 34.8 Å². The van der Waals surface area contributed by atoms with Gasteiger partial charge in [-0.2, -0.15) is 22.4 Å². The van der Waals surface area contributed by atoms with Gasteiger partial charge in [0.25, 0.3) is 8.68 Å². The minimum absolute atomic E-state index is 0.0400. The van der Waals surface area contributed by atoms with Gasteiger partial charge in [-0.25, -0.2) is 4.79 Å². The number of rotatable bonds is 2. The summed E-state index contributed by atoms with van der Waals surface area (Å²) in [6.07, 6.45) is -3.63. The minimum atomic E-state index is -4.56. The number of hydrogen-bond acceptors (Lipinski definition) is 4. The molecule has 2 rings (SSSR count). The van der Waals surface area contributed by atoms with E-state index in [0.717, 1.165) is 29.0 Å². The van der Waals surface area contributed by atoms with Crippen LogP contribution in [0.2, 0.25) is 0 Å². The lowest BCUT2D eigenvalue weighted by molar-refractivity contribution is -0.137. The van der Waals surface area contributed by atoms with Crippen molar-refractivity contribution in [3.8, 4) is 11.8 Å². The first-order valence-corrected chi connectivity index (χ1v) is 8.49. The Morgan fingerprint density at radius 1 is 1.19 bits per heavy atom. The smallest absolute Gasteiger partial charge is 0.267 e. The van der Waals surface area contributed by atoms with E-state index in [2.05, 4.69) is 0 Å². The van der Waals surface area contributed by atoms with E-state index in [0.29, 0.717) is 3.97 Å². The molecule has 0 N–H and O–H groups in total.